The molecule has 2 aliphatic rings. The van der Waals surface area contributed by atoms with Gasteiger partial charge < -0.3 is 14.5 Å². The van der Waals surface area contributed by atoms with Crippen LogP contribution in [0.2, 0.25) is 0 Å². The van der Waals surface area contributed by atoms with Crippen molar-refractivity contribution in [2.24, 2.45) is 0 Å². The third-order valence-corrected chi connectivity index (χ3v) is 7.02. The van der Waals surface area contributed by atoms with E-state index in [2.05, 4.69) is 53.9 Å². The molecule has 0 N–H and O–H groups in total. The van der Waals surface area contributed by atoms with E-state index in [-0.39, 0.29) is 12.1 Å². The molecular formula is C27H37N3O2. The minimum atomic E-state index is -0.288. The number of piperidine rings is 1. The van der Waals surface area contributed by atoms with E-state index in [1.54, 1.807) is 12.4 Å². The first-order chi connectivity index (χ1) is 15.6. The molecule has 5 nitrogen and oxygen atoms in total. The summed E-state index contributed by atoms with van der Waals surface area (Å²) in [7, 11) is 2.22. The summed E-state index contributed by atoms with van der Waals surface area (Å²) in [6, 6.07) is 11.2. The maximum absolute atomic E-state index is 12.7. The highest BCUT2D eigenvalue weighted by Gasteiger charge is 2.42. The lowest BCUT2D eigenvalue weighted by Gasteiger charge is -2.38. The summed E-state index contributed by atoms with van der Waals surface area (Å²) in [6.07, 6.45) is 9.23. The molecule has 0 radical (unpaired) electrons. The van der Waals surface area contributed by atoms with Crippen LogP contribution in [0.5, 0.6) is 0 Å². The molecule has 32 heavy (non-hydrogen) atoms. The molecule has 1 aromatic heterocycles. The van der Waals surface area contributed by atoms with Crippen LogP contribution in [0.3, 0.4) is 0 Å². The molecule has 172 valence electrons. The molecule has 3 heterocycles. The zero-order valence-electron chi connectivity index (χ0n) is 19.8. The molecule has 0 aliphatic carbocycles. The van der Waals surface area contributed by atoms with Gasteiger partial charge in [0.05, 0.1) is 6.54 Å². The summed E-state index contributed by atoms with van der Waals surface area (Å²) in [4.78, 5) is 21.8. The Morgan fingerprint density at radius 1 is 1.19 bits per heavy atom. The molecule has 0 bridgehead atoms. The fourth-order valence-corrected chi connectivity index (χ4v) is 5.31. The summed E-state index contributed by atoms with van der Waals surface area (Å²) >= 11 is 0. The summed E-state index contributed by atoms with van der Waals surface area (Å²) in [5, 5.41) is 0. The number of hydrogen-bond donors (Lipinski definition) is 0. The van der Waals surface area contributed by atoms with E-state index in [9.17, 15) is 4.79 Å². The van der Waals surface area contributed by atoms with Crippen molar-refractivity contribution >= 4 is 11.7 Å². The minimum Gasteiger partial charge on any atom is -0.456 e. The van der Waals surface area contributed by atoms with Crippen LogP contribution in [0.4, 0.5) is 5.69 Å². The lowest BCUT2D eigenvalue weighted by Crippen LogP contribution is -2.46. The number of esters is 1. The molecule has 1 aromatic carbocycles. The number of benzene rings is 1. The molecule has 1 fully saturated rings. The van der Waals surface area contributed by atoms with Crippen molar-refractivity contribution in [2.45, 2.75) is 70.4 Å². The molecular weight excluding hydrogens is 398 g/mol. The molecule has 5 heteroatoms. The largest absolute Gasteiger partial charge is 0.456 e. The van der Waals surface area contributed by atoms with Crippen LogP contribution in [0.25, 0.3) is 0 Å². The first-order valence-electron chi connectivity index (χ1n) is 12.2. The monoisotopic (exact) mass is 435 g/mol. The fraction of sp³-hybridized carbons (Fsp3) is 0.556. The summed E-state index contributed by atoms with van der Waals surface area (Å²) in [5.41, 5.74) is 5.08. The molecule has 0 saturated carbocycles. The molecule has 4 rings (SSSR count). The zero-order chi connectivity index (χ0) is 22.5. The average molecular weight is 436 g/mol. The second-order valence-corrected chi connectivity index (χ2v) is 9.51. The van der Waals surface area contributed by atoms with Gasteiger partial charge in [-0.05, 0) is 62.7 Å². The van der Waals surface area contributed by atoms with Gasteiger partial charge in [0.15, 0.2) is 0 Å². The van der Waals surface area contributed by atoms with Crippen LogP contribution >= 0.6 is 0 Å². The SMILES string of the molecule is CCCCCCC(=O)OC(CN1c2ccc(C)cc2C2CN(C)CCC21)c1ccncc1. The molecule has 1 saturated heterocycles. The number of aryl methyl sites for hydroxylation is 1. The molecule has 0 amide bonds. The van der Waals surface area contributed by atoms with Crippen molar-refractivity contribution in [3.63, 3.8) is 0 Å². The molecule has 2 aromatic rings. The van der Waals surface area contributed by atoms with Crippen molar-refractivity contribution in [3.05, 3.63) is 59.4 Å². The Labute approximate surface area is 192 Å². The second-order valence-electron chi connectivity index (χ2n) is 9.51. The molecule has 0 spiro atoms. The van der Waals surface area contributed by atoms with Crippen LogP contribution in [-0.2, 0) is 9.53 Å². The van der Waals surface area contributed by atoms with E-state index in [1.165, 1.54) is 29.7 Å². The number of likely N-dealkylation sites (N-methyl/N-ethyl adjacent to an activating group) is 1. The van der Waals surface area contributed by atoms with Gasteiger partial charge in [-0.3, -0.25) is 9.78 Å². The van der Waals surface area contributed by atoms with Crippen molar-refractivity contribution in [3.8, 4) is 0 Å². The van der Waals surface area contributed by atoms with Gasteiger partial charge in [-0.25, -0.2) is 0 Å². The number of carbonyl (C=O) groups is 1. The van der Waals surface area contributed by atoms with E-state index < -0.39 is 0 Å². The Balaban J connectivity index is 1.55. The van der Waals surface area contributed by atoms with Crippen molar-refractivity contribution in [2.75, 3.05) is 31.6 Å². The Hall–Kier alpha value is -2.40. The van der Waals surface area contributed by atoms with Gasteiger partial charge in [-0.2, -0.15) is 0 Å². The first-order valence-corrected chi connectivity index (χ1v) is 12.2. The van der Waals surface area contributed by atoms with E-state index in [0.717, 1.165) is 37.9 Å². The highest BCUT2D eigenvalue weighted by atomic mass is 16.5. The number of likely N-dealkylation sites (tertiary alicyclic amines) is 1. The Bertz CT molecular complexity index is 901. The summed E-state index contributed by atoms with van der Waals surface area (Å²) in [5.74, 6) is 0.414. The van der Waals surface area contributed by atoms with Gasteiger partial charge in [0.2, 0.25) is 0 Å². The Morgan fingerprint density at radius 3 is 2.78 bits per heavy atom. The molecule has 3 atom stereocenters. The lowest BCUT2D eigenvalue weighted by atomic mass is 9.88. The summed E-state index contributed by atoms with van der Waals surface area (Å²) in [6.45, 7) is 7.22. The number of nitrogens with zero attached hydrogens (tertiary/aromatic N) is 3. The van der Waals surface area contributed by atoms with Gasteiger partial charge in [0.1, 0.15) is 6.10 Å². The molecule has 2 aliphatic heterocycles. The maximum atomic E-state index is 12.7. The third-order valence-electron chi connectivity index (χ3n) is 7.02. The lowest BCUT2D eigenvalue weighted by molar-refractivity contribution is -0.149. The van der Waals surface area contributed by atoms with Crippen molar-refractivity contribution in [1.82, 2.24) is 9.88 Å². The number of unbranched alkanes of at least 4 members (excludes halogenated alkanes) is 3. The zero-order valence-corrected chi connectivity index (χ0v) is 19.8. The van der Waals surface area contributed by atoms with E-state index in [0.29, 0.717) is 24.9 Å². The van der Waals surface area contributed by atoms with Crippen LogP contribution < -0.4 is 4.90 Å². The highest BCUT2D eigenvalue weighted by Crippen LogP contribution is 2.45. The van der Waals surface area contributed by atoms with E-state index in [1.807, 2.05) is 12.1 Å². The van der Waals surface area contributed by atoms with Crippen molar-refractivity contribution < 1.29 is 9.53 Å². The predicted molar refractivity (Wildman–Crippen MR) is 129 cm³/mol. The van der Waals surface area contributed by atoms with Gasteiger partial charge >= 0.3 is 5.97 Å². The number of pyridine rings is 1. The first kappa shape index (κ1) is 22.8. The van der Waals surface area contributed by atoms with Gasteiger partial charge in [-0.15, -0.1) is 0 Å². The Kier molecular flexibility index (Phi) is 7.46. The second kappa shape index (κ2) is 10.5. The van der Waals surface area contributed by atoms with E-state index >= 15 is 0 Å². The van der Waals surface area contributed by atoms with E-state index in [4.69, 9.17) is 4.74 Å². The molecule has 3 unspecified atom stereocenters. The predicted octanol–water partition coefficient (Wildman–Crippen LogP) is 5.25. The number of ether oxygens (including phenoxy) is 1. The van der Waals surface area contributed by atoms with Crippen LogP contribution in [0, 0.1) is 6.92 Å². The fourth-order valence-electron chi connectivity index (χ4n) is 5.31. The number of hydrogen-bond acceptors (Lipinski definition) is 5. The maximum Gasteiger partial charge on any atom is 0.306 e. The number of carbonyl (C=O) groups excluding carboxylic acids is 1. The normalized spacial score (nSPS) is 21.2. The van der Waals surface area contributed by atoms with Gasteiger partial charge in [0, 0.05) is 43.0 Å². The number of fused-ring (bicyclic) bond motifs is 3. The third kappa shape index (κ3) is 5.15. The van der Waals surface area contributed by atoms with Crippen LogP contribution in [-0.4, -0.2) is 48.6 Å². The quantitative estimate of drug-likeness (QED) is 0.397. The smallest absolute Gasteiger partial charge is 0.306 e. The Morgan fingerprint density at radius 2 is 2.00 bits per heavy atom. The number of rotatable bonds is 9. The number of aromatic nitrogens is 1. The van der Waals surface area contributed by atoms with Crippen LogP contribution in [0.15, 0.2) is 42.7 Å². The minimum absolute atomic E-state index is 0.0915. The van der Waals surface area contributed by atoms with Crippen molar-refractivity contribution in [1.29, 1.82) is 0 Å². The van der Waals surface area contributed by atoms with Gasteiger partial charge in [0.25, 0.3) is 0 Å². The number of anilines is 1. The average Bonchev–Trinajstić information content (AvgIpc) is 3.09. The topological polar surface area (TPSA) is 45.7 Å². The summed E-state index contributed by atoms with van der Waals surface area (Å²) < 4.78 is 6.10. The standard InChI is InChI=1S/C27H37N3O2/c1-4-5-6-7-8-27(31)32-26(21-11-14-28-15-12-21)19-30-24-10-9-20(2)17-22(24)23-18-29(3)16-13-25(23)30/h9-12,14-15,17,23,25-26H,4-8,13,16,18-19H2,1-3H3. The van der Waals surface area contributed by atoms with Gasteiger partial charge in [-0.1, -0.05) is 43.9 Å². The highest BCUT2D eigenvalue weighted by molar-refractivity contribution is 5.70. The van der Waals surface area contributed by atoms with Crippen LogP contribution in [0.1, 0.15) is 74.2 Å².